The van der Waals surface area contributed by atoms with Crippen LogP contribution in [0.1, 0.15) is 102 Å². The number of unbranched alkanes of at least 4 members (excludes halogenated alkanes) is 13. The minimum Gasteiger partial charge on any atom is -0.508 e. The van der Waals surface area contributed by atoms with Gasteiger partial charge in [-0.3, -0.25) is 4.79 Å². The molecule has 1 heterocycles. The molecule has 0 fully saturated rings. The molecule has 0 saturated heterocycles. The predicted molar refractivity (Wildman–Crippen MR) is 176 cm³/mol. The van der Waals surface area contributed by atoms with E-state index in [1.165, 1.54) is 83.5 Å². The Bertz CT molecular complexity index is 1390. The molecule has 0 aliphatic rings. The third kappa shape index (κ3) is 9.24. The Morgan fingerprint density at radius 3 is 1.81 bits per heavy atom. The Kier molecular flexibility index (Phi) is 13.0. The molecule has 0 spiro atoms. The number of pyridine rings is 1. The first kappa shape index (κ1) is 31.4. The average Bonchev–Trinajstić information content (AvgIpc) is 3.02. The average molecular weight is 568 g/mol. The van der Waals surface area contributed by atoms with Crippen molar-refractivity contribution in [2.75, 3.05) is 0 Å². The van der Waals surface area contributed by atoms with Crippen molar-refractivity contribution in [3.8, 4) is 22.8 Å². The molecule has 1 aromatic heterocycles. The van der Waals surface area contributed by atoms with Crippen LogP contribution >= 0.6 is 0 Å². The molecule has 0 amide bonds. The lowest BCUT2D eigenvalue weighted by Gasteiger charge is -2.21. The molecular formula is C38H49NO3. The number of rotatable bonds is 19. The van der Waals surface area contributed by atoms with Crippen LogP contribution in [0.25, 0.3) is 22.2 Å². The van der Waals surface area contributed by atoms with Gasteiger partial charge in [-0.2, -0.15) is 0 Å². The highest BCUT2D eigenvalue weighted by Gasteiger charge is 2.20. The summed E-state index contributed by atoms with van der Waals surface area (Å²) in [6.45, 7) is 3.37. The zero-order valence-corrected chi connectivity index (χ0v) is 25.5. The SMILES string of the molecule is CCCCCCCCCCCCCCCCn1c(-c2ccccc2)c(OCc2ccc(O)cc2)c(=O)c2ccccc21. The van der Waals surface area contributed by atoms with Crippen LogP contribution in [0.15, 0.2) is 83.7 Å². The maximum atomic E-state index is 13.8. The number of fused-ring (bicyclic) bond motifs is 1. The molecule has 0 bridgehead atoms. The number of ether oxygens (including phenoxy) is 1. The molecule has 0 radical (unpaired) electrons. The largest absolute Gasteiger partial charge is 0.508 e. The summed E-state index contributed by atoms with van der Waals surface area (Å²) in [6, 6.07) is 25.0. The van der Waals surface area contributed by atoms with E-state index in [0.717, 1.165) is 35.3 Å². The van der Waals surface area contributed by atoms with Gasteiger partial charge in [-0.1, -0.05) is 145 Å². The molecule has 4 nitrogen and oxygen atoms in total. The van der Waals surface area contributed by atoms with Gasteiger partial charge in [0.1, 0.15) is 12.4 Å². The summed E-state index contributed by atoms with van der Waals surface area (Å²) >= 11 is 0. The van der Waals surface area contributed by atoms with E-state index in [1.807, 2.05) is 48.5 Å². The maximum Gasteiger partial charge on any atom is 0.231 e. The van der Waals surface area contributed by atoms with Crippen molar-refractivity contribution in [1.29, 1.82) is 0 Å². The fourth-order valence-electron chi connectivity index (χ4n) is 5.84. The zero-order valence-electron chi connectivity index (χ0n) is 25.5. The van der Waals surface area contributed by atoms with Crippen LogP contribution < -0.4 is 10.2 Å². The van der Waals surface area contributed by atoms with E-state index in [9.17, 15) is 9.90 Å². The number of aromatic hydroxyl groups is 1. The van der Waals surface area contributed by atoms with Crippen molar-refractivity contribution in [3.05, 3.63) is 94.6 Å². The molecular weight excluding hydrogens is 518 g/mol. The zero-order chi connectivity index (χ0) is 29.4. The lowest BCUT2D eigenvalue weighted by Crippen LogP contribution is -2.17. The highest BCUT2D eigenvalue weighted by molar-refractivity contribution is 5.86. The minimum absolute atomic E-state index is 0.0829. The number of phenols is 1. The summed E-state index contributed by atoms with van der Waals surface area (Å²) in [5, 5.41) is 10.3. The molecule has 0 unspecified atom stereocenters. The quantitative estimate of drug-likeness (QED) is 0.115. The van der Waals surface area contributed by atoms with Crippen LogP contribution in [-0.4, -0.2) is 9.67 Å². The van der Waals surface area contributed by atoms with Crippen LogP contribution in [0.5, 0.6) is 11.5 Å². The number of phenolic OH excluding ortho intramolecular Hbond substituents is 1. The number of benzene rings is 3. The van der Waals surface area contributed by atoms with Gasteiger partial charge in [0, 0.05) is 17.5 Å². The first-order valence-corrected chi connectivity index (χ1v) is 16.3. The predicted octanol–water partition coefficient (Wildman–Crippen LogP) is 10.4. The van der Waals surface area contributed by atoms with Crippen molar-refractivity contribution in [1.82, 2.24) is 4.57 Å². The van der Waals surface area contributed by atoms with Crippen molar-refractivity contribution < 1.29 is 9.84 Å². The number of aromatic nitrogens is 1. The van der Waals surface area contributed by atoms with Crippen LogP contribution in [0.3, 0.4) is 0 Å². The molecule has 3 aromatic carbocycles. The van der Waals surface area contributed by atoms with Gasteiger partial charge >= 0.3 is 0 Å². The van der Waals surface area contributed by atoms with Crippen LogP contribution in [-0.2, 0) is 13.2 Å². The minimum atomic E-state index is -0.0829. The Hall–Kier alpha value is -3.53. The van der Waals surface area contributed by atoms with Crippen LogP contribution in [0, 0.1) is 0 Å². The summed E-state index contributed by atoms with van der Waals surface area (Å²) in [5.74, 6) is 0.600. The lowest BCUT2D eigenvalue weighted by atomic mass is 10.0. The Morgan fingerprint density at radius 1 is 0.643 bits per heavy atom. The van der Waals surface area contributed by atoms with Gasteiger partial charge < -0.3 is 14.4 Å². The molecule has 224 valence electrons. The standard InChI is InChI=1S/C38H49NO3/c1-2-3-4-5-6-7-8-9-10-11-12-13-14-20-29-39-35-24-19-18-23-34(35)37(41)38(36(39)32-21-16-15-17-22-32)42-30-31-25-27-33(40)28-26-31/h15-19,21-28,40H,2-14,20,29-30H2,1H3. The molecule has 4 heteroatoms. The lowest BCUT2D eigenvalue weighted by molar-refractivity contribution is 0.302. The van der Waals surface area contributed by atoms with Crippen molar-refractivity contribution in [2.45, 2.75) is 110 Å². The van der Waals surface area contributed by atoms with E-state index >= 15 is 0 Å². The van der Waals surface area contributed by atoms with Gasteiger partial charge in [0.05, 0.1) is 11.2 Å². The molecule has 0 atom stereocenters. The highest BCUT2D eigenvalue weighted by atomic mass is 16.5. The third-order valence-corrected chi connectivity index (χ3v) is 8.23. The molecule has 4 rings (SSSR count). The molecule has 42 heavy (non-hydrogen) atoms. The molecule has 0 saturated carbocycles. The Balaban J connectivity index is 1.39. The fourth-order valence-corrected chi connectivity index (χ4v) is 5.84. The van der Waals surface area contributed by atoms with E-state index in [4.69, 9.17) is 4.74 Å². The smallest absolute Gasteiger partial charge is 0.231 e. The fraction of sp³-hybridized carbons (Fsp3) is 0.447. The summed E-state index contributed by atoms with van der Waals surface area (Å²) in [6.07, 6.45) is 18.6. The molecule has 4 aromatic rings. The van der Waals surface area contributed by atoms with Gasteiger partial charge in [-0.25, -0.2) is 0 Å². The van der Waals surface area contributed by atoms with E-state index in [-0.39, 0.29) is 17.8 Å². The molecule has 0 aliphatic carbocycles. The van der Waals surface area contributed by atoms with Crippen molar-refractivity contribution >= 4 is 10.9 Å². The van der Waals surface area contributed by atoms with E-state index in [1.54, 1.807) is 12.1 Å². The Morgan fingerprint density at radius 2 is 1.19 bits per heavy atom. The molecule has 1 N–H and O–H groups in total. The second-order valence-electron chi connectivity index (χ2n) is 11.6. The number of nitrogens with zero attached hydrogens (tertiary/aromatic N) is 1. The summed E-state index contributed by atoms with van der Waals surface area (Å²) < 4.78 is 8.60. The topological polar surface area (TPSA) is 51.5 Å². The van der Waals surface area contributed by atoms with E-state index in [0.29, 0.717) is 11.1 Å². The van der Waals surface area contributed by atoms with E-state index in [2.05, 4.69) is 29.7 Å². The highest BCUT2D eigenvalue weighted by Crippen LogP contribution is 2.32. The monoisotopic (exact) mass is 567 g/mol. The maximum absolute atomic E-state index is 13.8. The normalized spacial score (nSPS) is 11.3. The first-order chi connectivity index (χ1) is 20.7. The molecule has 0 aliphatic heterocycles. The number of hydrogen-bond acceptors (Lipinski definition) is 3. The van der Waals surface area contributed by atoms with Crippen molar-refractivity contribution in [2.24, 2.45) is 0 Å². The van der Waals surface area contributed by atoms with Gasteiger partial charge in [0.25, 0.3) is 0 Å². The van der Waals surface area contributed by atoms with Crippen LogP contribution in [0.2, 0.25) is 0 Å². The second kappa shape index (κ2) is 17.4. The number of hydrogen-bond donors (Lipinski definition) is 1. The Labute approximate surface area is 252 Å². The second-order valence-corrected chi connectivity index (χ2v) is 11.6. The van der Waals surface area contributed by atoms with Crippen LogP contribution in [0.4, 0.5) is 0 Å². The number of aryl methyl sites for hydroxylation is 1. The third-order valence-electron chi connectivity index (χ3n) is 8.23. The van der Waals surface area contributed by atoms with Gasteiger partial charge in [0.2, 0.25) is 5.43 Å². The van der Waals surface area contributed by atoms with Crippen molar-refractivity contribution in [3.63, 3.8) is 0 Å². The summed E-state index contributed by atoms with van der Waals surface area (Å²) in [7, 11) is 0. The van der Waals surface area contributed by atoms with Gasteiger partial charge in [-0.15, -0.1) is 0 Å². The van der Waals surface area contributed by atoms with Gasteiger partial charge in [0.15, 0.2) is 5.75 Å². The van der Waals surface area contributed by atoms with E-state index < -0.39 is 0 Å². The first-order valence-electron chi connectivity index (χ1n) is 16.3. The number of para-hydroxylation sites is 1. The summed E-state index contributed by atoms with van der Waals surface area (Å²) in [4.78, 5) is 13.8. The summed E-state index contributed by atoms with van der Waals surface area (Å²) in [5.41, 5.74) is 3.59. The van der Waals surface area contributed by atoms with Gasteiger partial charge in [-0.05, 0) is 36.2 Å².